The minimum absolute atomic E-state index is 0.166. The highest BCUT2D eigenvalue weighted by Crippen LogP contribution is 2.32. The van der Waals surface area contributed by atoms with Crippen molar-refractivity contribution in [3.8, 4) is 0 Å². The Hall–Kier alpha value is -2.90. The standard InChI is InChI=1S/C26H26N2O3S2/c1-15(2)31-25(30)22-17(4)27-26-28(23(22)19-10-12-20(32-5)13-11-19)24(29)21(33-26)14-18-8-6-16(3)7-9-18/h6-15,23H,1-5H3. The Kier molecular flexibility index (Phi) is 6.72. The number of nitrogens with zero attached hydrogens (tertiary/aromatic N) is 2. The van der Waals surface area contributed by atoms with Gasteiger partial charge in [-0.3, -0.25) is 9.36 Å². The number of benzene rings is 2. The minimum Gasteiger partial charge on any atom is -0.459 e. The molecule has 0 amide bonds. The predicted octanol–water partition coefficient (Wildman–Crippen LogP) is 4.22. The lowest BCUT2D eigenvalue weighted by Gasteiger charge is -2.25. The summed E-state index contributed by atoms with van der Waals surface area (Å²) < 4.78 is 7.75. The van der Waals surface area contributed by atoms with E-state index in [0.29, 0.717) is 20.6 Å². The van der Waals surface area contributed by atoms with E-state index in [2.05, 4.69) is 4.99 Å². The lowest BCUT2D eigenvalue weighted by Crippen LogP contribution is -2.40. The summed E-state index contributed by atoms with van der Waals surface area (Å²) >= 11 is 2.98. The maximum absolute atomic E-state index is 13.6. The summed E-state index contributed by atoms with van der Waals surface area (Å²) in [5.74, 6) is -0.446. The van der Waals surface area contributed by atoms with Crippen LogP contribution in [0.2, 0.25) is 0 Å². The molecule has 0 saturated heterocycles. The van der Waals surface area contributed by atoms with Crippen LogP contribution in [0.5, 0.6) is 0 Å². The van der Waals surface area contributed by atoms with Crippen molar-refractivity contribution in [1.29, 1.82) is 0 Å². The largest absolute Gasteiger partial charge is 0.459 e. The van der Waals surface area contributed by atoms with Gasteiger partial charge in [0.2, 0.25) is 0 Å². The monoisotopic (exact) mass is 478 g/mol. The first-order valence-corrected chi connectivity index (χ1v) is 12.8. The Balaban J connectivity index is 1.92. The van der Waals surface area contributed by atoms with Crippen LogP contribution >= 0.6 is 23.1 Å². The van der Waals surface area contributed by atoms with Gasteiger partial charge in [0.15, 0.2) is 4.80 Å². The van der Waals surface area contributed by atoms with Gasteiger partial charge in [-0.1, -0.05) is 53.3 Å². The summed E-state index contributed by atoms with van der Waals surface area (Å²) in [6.45, 7) is 7.46. The van der Waals surface area contributed by atoms with Gasteiger partial charge in [0.1, 0.15) is 0 Å². The molecular formula is C26H26N2O3S2. The van der Waals surface area contributed by atoms with Gasteiger partial charge in [-0.25, -0.2) is 9.79 Å². The Morgan fingerprint density at radius 2 is 1.79 bits per heavy atom. The van der Waals surface area contributed by atoms with Gasteiger partial charge in [0.25, 0.3) is 5.56 Å². The molecule has 170 valence electrons. The van der Waals surface area contributed by atoms with Crippen molar-refractivity contribution in [2.24, 2.45) is 4.99 Å². The maximum atomic E-state index is 13.6. The molecule has 1 aliphatic rings. The normalized spacial score (nSPS) is 16.1. The molecule has 0 fully saturated rings. The molecular weight excluding hydrogens is 452 g/mol. The molecule has 0 aliphatic carbocycles. The van der Waals surface area contributed by atoms with Crippen molar-refractivity contribution in [3.63, 3.8) is 0 Å². The fourth-order valence-corrected chi connectivity index (χ4v) is 5.23. The van der Waals surface area contributed by atoms with Gasteiger partial charge >= 0.3 is 5.97 Å². The molecule has 1 atom stereocenters. The summed E-state index contributed by atoms with van der Waals surface area (Å²) in [4.78, 5) is 33.0. The number of esters is 1. The average molecular weight is 479 g/mol. The highest BCUT2D eigenvalue weighted by molar-refractivity contribution is 7.98. The lowest BCUT2D eigenvalue weighted by atomic mass is 9.96. The molecule has 1 unspecified atom stereocenters. The summed E-state index contributed by atoms with van der Waals surface area (Å²) in [6, 6.07) is 15.4. The topological polar surface area (TPSA) is 60.7 Å². The minimum atomic E-state index is -0.594. The molecule has 0 spiro atoms. The van der Waals surface area contributed by atoms with E-state index in [9.17, 15) is 9.59 Å². The van der Waals surface area contributed by atoms with E-state index >= 15 is 0 Å². The first-order valence-electron chi connectivity index (χ1n) is 10.7. The average Bonchev–Trinajstić information content (AvgIpc) is 3.08. The van der Waals surface area contributed by atoms with Crippen LogP contribution in [-0.2, 0) is 9.53 Å². The van der Waals surface area contributed by atoms with Crippen molar-refractivity contribution in [2.75, 3.05) is 6.26 Å². The Bertz CT molecular complexity index is 1400. The molecule has 0 saturated carbocycles. The molecule has 33 heavy (non-hydrogen) atoms. The van der Waals surface area contributed by atoms with Crippen LogP contribution in [-0.4, -0.2) is 22.9 Å². The SMILES string of the molecule is CSc1ccc(C2C(C(=O)OC(C)C)=C(C)N=c3sc(=Cc4ccc(C)cc4)c(=O)n32)cc1. The third kappa shape index (κ3) is 4.75. The predicted molar refractivity (Wildman–Crippen MR) is 134 cm³/mol. The van der Waals surface area contributed by atoms with Gasteiger partial charge in [-0.2, -0.15) is 0 Å². The molecule has 1 aromatic heterocycles. The van der Waals surface area contributed by atoms with Crippen LogP contribution in [0.1, 0.15) is 43.5 Å². The van der Waals surface area contributed by atoms with Gasteiger partial charge < -0.3 is 4.74 Å². The summed E-state index contributed by atoms with van der Waals surface area (Å²) in [6.07, 6.45) is 3.62. The number of hydrogen-bond donors (Lipinski definition) is 0. The van der Waals surface area contributed by atoms with Crippen LogP contribution in [0.25, 0.3) is 6.08 Å². The number of aromatic nitrogens is 1. The summed E-state index contributed by atoms with van der Waals surface area (Å²) in [5.41, 5.74) is 3.76. The van der Waals surface area contributed by atoms with E-state index in [4.69, 9.17) is 4.74 Å². The number of aryl methyl sites for hydroxylation is 1. The molecule has 2 aromatic carbocycles. The zero-order valence-electron chi connectivity index (χ0n) is 19.3. The van der Waals surface area contributed by atoms with Gasteiger partial charge in [0, 0.05) is 4.90 Å². The van der Waals surface area contributed by atoms with Crippen molar-refractivity contribution < 1.29 is 9.53 Å². The van der Waals surface area contributed by atoms with Gasteiger partial charge in [-0.15, -0.1) is 11.8 Å². The second kappa shape index (κ2) is 9.53. The van der Waals surface area contributed by atoms with Crippen LogP contribution in [0, 0.1) is 6.92 Å². The molecule has 1 aliphatic heterocycles. The van der Waals surface area contributed by atoms with Crippen molar-refractivity contribution in [3.05, 3.63) is 96.2 Å². The molecule has 0 bridgehead atoms. The molecule has 7 heteroatoms. The van der Waals surface area contributed by atoms with E-state index in [1.165, 1.54) is 11.3 Å². The second-order valence-corrected chi connectivity index (χ2v) is 10.1. The zero-order chi connectivity index (χ0) is 23.7. The van der Waals surface area contributed by atoms with Crippen LogP contribution in [0.15, 0.2) is 74.5 Å². The first-order chi connectivity index (χ1) is 15.8. The van der Waals surface area contributed by atoms with E-state index in [-0.39, 0.29) is 11.7 Å². The number of thioether (sulfide) groups is 1. The Labute approximate surface area is 201 Å². The number of hydrogen-bond acceptors (Lipinski definition) is 6. The van der Waals surface area contributed by atoms with Crippen molar-refractivity contribution in [2.45, 2.75) is 44.7 Å². The van der Waals surface area contributed by atoms with E-state index < -0.39 is 12.0 Å². The smallest absolute Gasteiger partial charge is 0.338 e. The third-order valence-corrected chi connectivity index (χ3v) is 7.12. The highest BCUT2D eigenvalue weighted by Gasteiger charge is 2.33. The molecule has 2 heterocycles. The molecule has 5 nitrogen and oxygen atoms in total. The quantitative estimate of drug-likeness (QED) is 0.407. The Morgan fingerprint density at radius 1 is 1.12 bits per heavy atom. The number of carbonyl (C=O) groups excluding carboxylic acids is 1. The lowest BCUT2D eigenvalue weighted by molar-refractivity contribution is -0.143. The zero-order valence-corrected chi connectivity index (χ0v) is 20.9. The molecule has 3 aromatic rings. The van der Waals surface area contributed by atoms with Crippen molar-refractivity contribution in [1.82, 2.24) is 4.57 Å². The fourth-order valence-electron chi connectivity index (χ4n) is 3.78. The van der Waals surface area contributed by atoms with Crippen molar-refractivity contribution >= 4 is 35.1 Å². The number of carbonyl (C=O) groups is 1. The van der Waals surface area contributed by atoms with Gasteiger partial charge in [-0.05, 0) is 63.3 Å². The Morgan fingerprint density at radius 3 is 2.39 bits per heavy atom. The molecule has 0 N–H and O–H groups in total. The number of thiazole rings is 1. The molecule has 4 rings (SSSR count). The second-order valence-electron chi connectivity index (χ2n) is 8.22. The number of ether oxygens (including phenoxy) is 1. The van der Waals surface area contributed by atoms with E-state index in [0.717, 1.165) is 21.6 Å². The maximum Gasteiger partial charge on any atom is 0.338 e. The molecule has 0 radical (unpaired) electrons. The fraction of sp³-hybridized carbons (Fsp3) is 0.269. The highest BCUT2D eigenvalue weighted by atomic mass is 32.2. The summed E-state index contributed by atoms with van der Waals surface area (Å²) in [5, 5.41) is 0. The third-order valence-electron chi connectivity index (χ3n) is 5.39. The summed E-state index contributed by atoms with van der Waals surface area (Å²) in [7, 11) is 0. The number of fused-ring (bicyclic) bond motifs is 1. The number of rotatable bonds is 5. The van der Waals surface area contributed by atoms with Crippen LogP contribution in [0.3, 0.4) is 0 Å². The first kappa shape index (κ1) is 23.3. The van der Waals surface area contributed by atoms with E-state index in [1.54, 1.807) is 23.3 Å². The number of allylic oxidation sites excluding steroid dienone is 1. The van der Waals surface area contributed by atoms with Crippen LogP contribution < -0.4 is 14.9 Å². The van der Waals surface area contributed by atoms with Crippen LogP contribution in [0.4, 0.5) is 0 Å². The van der Waals surface area contributed by atoms with Gasteiger partial charge in [0.05, 0.1) is 27.9 Å². The van der Waals surface area contributed by atoms with E-state index in [1.807, 2.05) is 81.6 Å².